The van der Waals surface area contributed by atoms with Gasteiger partial charge in [-0.3, -0.25) is 9.58 Å². The van der Waals surface area contributed by atoms with Crippen molar-refractivity contribution < 1.29 is 4.79 Å². The van der Waals surface area contributed by atoms with Gasteiger partial charge in [-0.1, -0.05) is 54.6 Å². The fourth-order valence-corrected chi connectivity index (χ4v) is 5.52. The van der Waals surface area contributed by atoms with Crippen LogP contribution >= 0.6 is 0 Å². The van der Waals surface area contributed by atoms with Crippen LogP contribution in [0.15, 0.2) is 60.8 Å². The maximum atomic E-state index is 13.5. The molecule has 2 amide bonds. The molecule has 2 aromatic carbocycles. The molecule has 0 bridgehead atoms. The number of amides is 2. The molecule has 6 nitrogen and oxygen atoms in total. The van der Waals surface area contributed by atoms with E-state index in [9.17, 15) is 4.79 Å². The number of carbonyl (C=O) groups excluding carboxylic acids is 1. The second kappa shape index (κ2) is 10.0. The third-order valence-electron chi connectivity index (χ3n) is 7.36. The lowest BCUT2D eigenvalue weighted by Gasteiger charge is -2.44. The average Bonchev–Trinajstić information content (AvgIpc) is 3.22. The highest BCUT2D eigenvalue weighted by atomic mass is 16.2. The summed E-state index contributed by atoms with van der Waals surface area (Å²) in [4.78, 5) is 18.2. The molecule has 1 fully saturated rings. The SMILES string of the molecule is CCn1cc(CN2CCC(N3C(=O)NCCc4ccccc4C3c3ccccc3)CC2)c(C)n1. The second-order valence-corrected chi connectivity index (χ2v) is 9.50. The van der Waals surface area contributed by atoms with Gasteiger partial charge in [-0.05, 0) is 49.8 Å². The van der Waals surface area contributed by atoms with Gasteiger partial charge in [0.05, 0.1) is 11.7 Å². The number of carbonyl (C=O) groups is 1. The number of hydrogen-bond donors (Lipinski definition) is 1. The van der Waals surface area contributed by atoms with Gasteiger partial charge in [0.15, 0.2) is 0 Å². The molecule has 0 aliphatic carbocycles. The lowest BCUT2D eigenvalue weighted by molar-refractivity contribution is 0.0997. The molecule has 34 heavy (non-hydrogen) atoms. The van der Waals surface area contributed by atoms with Gasteiger partial charge in [-0.15, -0.1) is 0 Å². The van der Waals surface area contributed by atoms with Crippen LogP contribution in [0, 0.1) is 6.92 Å². The van der Waals surface area contributed by atoms with Crippen molar-refractivity contribution in [3.63, 3.8) is 0 Å². The molecule has 0 radical (unpaired) electrons. The molecule has 5 rings (SSSR count). The molecule has 1 saturated heterocycles. The summed E-state index contributed by atoms with van der Waals surface area (Å²) in [6, 6.07) is 19.3. The number of piperidine rings is 1. The molecule has 2 aliphatic rings. The summed E-state index contributed by atoms with van der Waals surface area (Å²) >= 11 is 0. The molecule has 1 atom stereocenters. The topological polar surface area (TPSA) is 53.4 Å². The molecule has 1 aromatic heterocycles. The fourth-order valence-electron chi connectivity index (χ4n) is 5.52. The van der Waals surface area contributed by atoms with Crippen molar-refractivity contribution in [2.45, 2.75) is 58.3 Å². The Hall–Kier alpha value is -3.12. The van der Waals surface area contributed by atoms with Crippen LogP contribution in [-0.2, 0) is 19.5 Å². The Labute approximate surface area is 202 Å². The van der Waals surface area contributed by atoms with Crippen LogP contribution in [0.1, 0.15) is 53.8 Å². The van der Waals surface area contributed by atoms with E-state index in [1.807, 2.05) is 10.7 Å². The van der Waals surface area contributed by atoms with Crippen molar-refractivity contribution >= 4 is 6.03 Å². The maximum absolute atomic E-state index is 13.5. The number of hydrogen-bond acceptors (Lipinski definition) is 3. The quantitative estimate of drug-likeness (QED) is 0.612. The highest BCUT2D eigenvalue weighted by molar-refractivity contribution is 5.76. The Morgan fingerprint density at radius 3 is 2.50 bits per heavy atom. The first-order valence-corrected chi connectivity index (χ1v) is 12.6. The number of nitrogens with one attached hydrogen (secondary N) is 1. The van der Waals surface area contributed by atoms with E-state index in [1.54, 1.807) is 0 Å². The van der Waals surface area contributed by atoms with Crippen molar-refractivity contribution in [1.29, 1.82) is 0 Å². The van der Waals surface area contributed by atoms with E-state index in [1.165, 1.54) is 22.3 Å². The van der Waals surface area contributed by atoms with Crippen LogP contribution in [0.25, 0.3) is 0 Å². The standard InChI is InChI=1S/C28H35N5O/c1-3-32-20-24(21(2)30-32)19-31-17-14-25(15-18-31)33-27(23-10-5-4-6-11-23)26-12-8-7-9-22(26)13-16-29-28(33)34/h4-12,20,25,27H,3,13-19H2,1-2H3,(H,29,34). The van der Waals surface area contributed by atoms with E-state index in [2.05, 4.69) is 88.8 Å². The summed E-state index contributed by atoms with van der Waals surface area (Å²) in [5, 5.41) is 7.81. The maximum Gasteiger partial charge on any atom is 0.318 e. The summed E-state index contributed by atoms with van der Waals surface area (Å²) < 4.78 is 2.02. The van der Waals surface area contributed by atoms with Crippen LogP contribution < -0.4 is 5.32 Å². The van der Waals surface area contributed by atoms with Crippen molar-refractivity contribution in [3.05, 3.63) is 88.7 Å². The molecule has 1 N–H and O–H groups in total. The van der Waals surface area contributed by atoms with E-state index in [4.69, 9.17) is 0 Å². The Morgan fingerprint density at radius 1 is 1.03 bits per heavy atom. The molecule has 6 heteroatoms. The van der Waals surface area contributed by atoms with Crippen molar-refractivity contribution in [1.82, 2.24) is 24.9 Å². The van der Waals surface area contributed by atoms with Gasteiger partial charge in [0.1, 0.15) is 0 Å². The van der Waals surface area contributed by atoms with Crippen LogP contribution in [-0.4, -0.2) is 51.3 Å². The minimum absolute atomic E-state index is 0.0573. The summed E-state index contributed by atoms with van der Waals surface area (Å²) in [6.45, 7) is 8.68. The molecule has 178 valence electrons. The van der Waals surface area contributed by atoms with E-state index >= 15 is 0 Å². The summed E-state index contributed by atoms with van der Waals surface area (Å²) in [7, 11) is 0. The minimum Gasteiger partial charge on any atom is -0.338 e. The Kier molecular flexibility index (Phi) is 6.68. The number of urea groups is 1. The minimum atomic E-state index is -0.0701. The zero-order valence-corrected chi connectivity index (χ0v) is 20.3. The van der Waals surface area contributed by atoms with Gasteiger partial charge >= 0.3 is 6.03 Å². The number of aryl methyl sites for hydroxylation is 2. The lowest BCUT2D eigenvalue weighted by atomic mass is 9.89. The normalized spacial score (nSPS) is 19.9. The van der Waals surface area contributed by atoms with Crippen LogP contribution in [0.3, 0.4) is 0 Å². The van der Waals surface area contributed by atoms with Crippen molar-refractivity contribution in [2.75, 3.05) is 19.6 Å². The predicted octanol–water partition coefficient (Wildman–Crippen LogP) is 4.53. The van der Waals surface area contributed by atoms with Crippen molar-refractivity contribution in [3.8, 4) is 0 Å². The molecule has 3 heterocycles. The monoisotopic (exact) mass is 457 g/mol. The Bertz CT molecular complexity index is 1120. The molecule has 0 saturated carbocycles. The van der Waals surface area contributed by atoms with Crippen molar-refractivity contribution in [2.24, 2.45) is 0 Å². The van der Waals surface area contributed by atoms with Gasteiger partial charge in [-0.25, -0.2) is 4.79 Å². The fraction of sp³-hybridized carbons (Fsp3) is 0.429. The highest BCUT2D eigenvalue weighted by Crippen LogP contribution is 2.36. The molecule has 3 aromatic rings. The average molecular weight is 458 g/mol. The summed E-state index contributed by atoms with van der Waals surface area (Å²) in [5.74, 6) is 0. The van der Waals surface area contributed by atoms with E-state index in [-0.39, 0.29) is 18.1 Å². The van der Waals surface area contributed by atoms with Crippen LogP contribution in [0.2, 0.25) is 0 Å². The number of fused-ring (bicyclic) bond motifs is 1. The van der Waals surface area contributed by atoms with Gasteiger partial charge < -0.3 is 10.2 Å². The van der Waals surface area contributed by atoms with Gasteiger partial charge in [0.25, 0.3) is 0 Å². The third-order valence-corrected chi connectivity index (χ3v) is 7.36. The van der Waals surface area contributed by atoms with Crippen LogP contribution in [0.5, 0.6) is 0 Å². The molecule has 2 aliphatic heterocycles. The molecule has 1 unspecified atom stereocenters. The van der Waals surface area contributed by atoms with Crippen LogP contribution in [0.4, 0.5) is 4.79 Å². The lowest BCUT2D eigenvalue weighted by Crippen LogP contribution is -2.53. The number of aromatic nitrogens is 2. The third kappa shape index (κ3) is 4.60. The van der Waals surface area contributed by atoms with Gasteiger partial charge in [0.2, 0.25) is 0 Å². The summed E-state index contributed by atoms with van der Waals surface area (Å²) in [5.41, 5.74) is 6.18. The summed E-state index contributed by atoms with van der Waals surface area (Å²) in [6.07, 6.45) is 4.98. The van der Waals surface area contributed by atoms with E-state index in [0.717, 1.165) is 51.1 Å². The van der Waals surface area contributed by atoms with E-state index in [0.29, 0.717) is 6.54 Å². The number of nitrogens with zero attached hydrogens (tertiary/aromatic N) is 4. The first kappa shape index (κ1) is 22.7. The number of rotatable bonds is 5. The first-order valence-electron chi connectivity index (χ1n) is 12.6. The molecular formula is C28H35N5O. The Morgan fingerprint density at radius 2 is 1.76 bits per heavy atom. The van der Waals surface area contributed by atoms with Gasteiger partial charge in [-0.2, -0.15) is 5.10 Å². The molecular weight excluding hydrogens is 422 g/mol. The molecule has 0 spiro atoms. The van der Waals surface area contributed by atoms with E-state index < -0.39 is 0 Å². The number of likely N-dealkylation sites (tertiary alicyclic amines) is 1. The number of benzene rings is 2. The largest absolute Gasteiger partial charge is 0.338 e. The Balaban J connectivity index is 1.40. The zero-order chi connectivity index (χ0) is 23.5. The predicted molar refractivity (Wildman–Crippen MR) is 135 cm³/mol. The van der Waals surface area contributed by atoms with Gasteiger partial charge in [0, 0.05) is 50.5 Å². The zero-order valence-electron chi connectivity index (χ0n) is 20.3. The highest BCUT2D eigenvalue weighted by Gasteiger charge is 2.36. The second-order valence-electron chi connectivity index (χ2n) is 9.50. The first-order chi connectivity index (χ1) is 16.6. The smallest absolute Gasteiger partial charge is 0.318 e.